The van der Waals surface area contributed by atoms with Crippen molar-refractivity contribution in [3.8, 4) is 5.75 Å². The van der Waals surface area contributed by atoms with Crippen LogP contribution in [0, 0.1) is 6.92 Å². The number of nitrogens with zero attached hydrogens (tertiary/aromatic N) is 4. The first-order valence-electron chi connectivity index (χ1n) is 9.55. The summed E-state index contributed by atoms with van der Waals surface area (Å²) in [4.78, 5) is 9.20. The third kappa shape index (κ3) is 4.75. The molecule has 1 aliphatic heterocycles. The van der Waals surface area contributed by atoms with Gasteiger partial charge in [-0.25, -0.2) is 0 Å². The van der Waals surface area contributed by atoms with Gasteiger partial charge in [0.15, 0.2) is 5.82 Å². The maximum Gasteiger partial charge on any atom is 0.324 e. The molecule has 1 atom stereocenters. The fourth-order valence-corrected chi connectivity index (χ4v) is 3.11. The molecule has 2 heterocycles. The van der Waals surface area contributed by atoms with Crippen LogP contribution in [0.4, 0.5) is 6.01 Å². The Morgan fingerprint density at radius 3 is 2.38 bits per heavy atom. The van der Waals surface area contributed by atoms with Crippen LogP contribution in [0.2, 0.25) is 0 Å². The van der Waals surface area contributed by atoms with Gasteiger partial charge >= 0.3 is 6.01 Å². The van der Waals surface area contributed by atoms with Crippen LogP contribution in [0.1, 0.15) is 44.5 Å². The van der Waals surface area contributed by atoms with Crippen molar-refractivity contribution in [1.29, 1.82) is 0 Å². The average molecular weight is 358 g/mol. The summed E-state index contributed by atoms with van der Waals surface area (Å²) in [6.45, 7) is 13.1. The van der Waals surface area contributed by atoms with Crippen LogP contribution in [-0.4, -0.2) is 53.9 Å². The SMILES string of the molecule is Cc1ccc(OCCC(C)N2CCN(c3nc(C(C)C)no3)CC2)cc1. The monoisotopic (exact) mass is 358 g/mol. The highest BCUT2D eigenvalue weighted by atomic mass is 16.5. The van der Waals surface area contributed by atoms with E-state index in [9.17, 15) is 0 Å². The molecule has 0 amide bonds. The molecule has 0 aliphatic carbocycles. The maximum absolute atomic E-state index is 5.87. The van der Waals surface area contributed by atoms with Crippen molar-refractivity contribution in [2.45, 2.75) is 46.1 Å². The number of piperazine rings is 1. The zero-order valence-corrected chi connectivity index (χ0v) is 16.3. The van der Waals surface area contributed by atoms with E-state index in [0.717, 1.165) is 50.8 Å². The predicted octanol–water partition coefficient (Wildman–Crippen LogP) is 3.48. The molecule has 1 aromatic heterocycles. The van der Waals surface area contributed by atoms with E-state index in [1.807, 2.05) is 12.1 Å². The van der Waals surface area contributed by atoms with Crippen LogP contribution < -0.4 is 9.64 Å². The number of anilines is 1. The molecule has 0 spiro atoms. The van der Waals surface area contributed by atoms with Crippen LogP contribution >= 0.6 is 0 Å². The molecule has 0 N–H and O–H groups in total. The molecule has 26 heavy (non-hydrogen) atoms. The van der Waals surface area contributed by atoms with Gasteiger partial charge in [-0.2, -0.15) is 4.98 Å². The molecule has 142 valence electrons. The van der Waals surface area contributed by atoms with Crippen molar-refractivity contribution in [2.24, 2.45) is 0 Å². The van der Waals surface area contributed by atoms with Gasteiger partial charge in [0.1, 0.15) is 5.75 Å². The molecule has 0 bridgehead atoms. The van der Waals surface area contributed by atoms with Crippen molar-refractivity contribution in [2.75, 3.05) is 37.7 Å². The fraction of sp³-hybridized carbons (Fsp3) is 0.600. The lowest BCUT2D eigenvalue weighted by Gasteiger charge is -2.37. The van der Waals surface area contributed by atoms with Crippen molar-refractivity contribution in [3.63, 3.8) is 0 Å². The van der Waals surface area contributed by atoms with Crippen LogP contribution in [0.15, 0.2) is 28.8 Å². The Kier molecular flexibility index (Phi) is 6.14. The minimum atomic E-state index is 0.294. The standard InChI is InChI=1S/C20H30N4O2/c1-15(2)19-21-20(26-22-19)24-12-10-23(11-13-24)17(4)9-14-25-18-7-5-16(3)6-8-18/h5-8,15,17H,9-14H2,1-4H3. The van der Waals surface area contributed by atoms with Gasteiger partial charge in [-0.1, -0.05) is 36.7 Å². The molecular weight excluding hydrogens is 328 g/mol. The molecule has 1 saturated heterocycles. The zero-order valence-electron chi connectivity index (χ0n) is 16.3. The van der Waals surface area contributed by atoms with E-state index < -0.39 is 0 Å². The van der Waals surface area contributed by atoms with E-state index >= 15 is 0 Å². The molecular formula is C20H30N4O2. The Labute approximate surface area is 156 Å². The maximum atomic E-state index is 5.87. The van der Waals surface area contributed by atoms with Crippen LogP contribution in [0.3, 0.4) is 0 Å². The lowest BCUT2D eigenvalue weighted by atomic mass is 10.2. The van der Waals surface area contributed by atoms with Crippen molar-refractivity contribution in [1.82, 2.24) is 15.0 Å². The van der Waals surface area contributed by atoms with Gasteiger partial charge in [-0.3, -0.25) is 4.90 Å². The van der Waals surface area contributed by atoms with Crippen molar-refractivity contribution in [3.05, 3.63) is 35.7 Å². The van der Waals surface area contributed by atoms with Gasteiger partial charge in [0, 0.05) is 38.1 Å². The van der Waals surface area contributed by atoms with E-state index in [1.54, 1.807) is 0 Å². The normalized spacial score (nSPS) is 16.9. The number of ether oxygens (including phenoxy) is 1. The molecule has 2 aromatic rings. The van der Waals surface area contributed by atoms with E-state index in [4.69, 9.17) is 9.26 Å². The van der Waals surface area contributed by atoms with Crippen molar-refractivity contribution < 1.29 is 9.26 Å². The quantitative estimate of drug-likeness (QED) is 0.755. The first-order valence-corrected chi connectivity index (χ1v) is 9.55. The van der Waals surface area contributed by atoms with Gasteiger partial charge < -0.3 is 14.2 Å². The Balaban J connectivity index is 1.41. The third-order valence-electron chi connectivity index (χ3n) is 4.98. The van der Waals surface area contributed by atoms with E-state index in [0.29, 0.717) is 18.0 Å². The van der Waals surface area contributed by atoms with Crippen molar-refractivity contribution >= 4 is 6.01 Å². The van der Waals surface area contributed by atoms with Gasteiger partial charge in [-0.15, -0.1) is 0 Å². The molecule has 1 aliphatic rings. The predicted molar refractivity (Wildman–Crippen MR) is 103 cm³/mol. The van der Waals surface area contributed by atoms with Gasteiger partial charge in [0.2, 0.25) is 0 Å². The number of aromatic nitrogens is 2. The Bertz CT molecular complexity index is 675. The topological polar surface area (TPSA) is 54.6 Å². The van der Waals surface area contributed by atoms with Gasteiger partial charge in [0.25, 0.3) is 0 Å². The van der Waals surface area contributed by atoms with Gasteiger partial charge in [0.05, 0.1) is 6.61 Å². The second-order valence-corrected chi connectivity index (χ2v) is 7.41. The molecule has 6 nitrogen and oxygen atoms in total. The van der Waals surface area contributed by atoms with E-state index in [2.05, 4.69) is 59.8 Å². The van der Waals surface area contributed by atoms with Gasteiger partial charge in [-0.05, 0) is 32.4 Å². The van der Waals surface area contributed by atoms with E-state index in [-0.39, 0.29) is 0 Å². The zero-order chi connectivity index (χ0) is 18.5. The largest absolute Gasteiger partial charge is 0.494 e. The summed E-state index contributed by atoms with van der Waals surface area (Å²) in [5, 5.41) is 4.06. The minimum absolute atomic E-state index is 0.294. The Morgan fingerprint density at radius 1 is 1.08 bits per heavy atom. The lowest BCUT2D eigenvalue weighted by molar-refractivity contribution is 0.163. The Hall–Kier alpha value is -2.08. The number of aryl methyl sites for hydroxylation is 1. The summed E-state index contributed by atoms with van der Waals surface area (Å²) in [5.41, 5.74) is 1.25. The Morgan fingerprint density at radius 2 is 1.77 bits per heavy atom. The number of benzene rings is 1. The number of hydrogen-bond donors (Lipinski definition) is 0. The van der Waals surface area contributed by atoms with Crippen LogP contribution in [0.25, 0.3) is 0 Å². The highest BCUT2D eigenvalue weighted by Gasteiger charge is 2.24. The highest BCUT2D eigenvalue weighted by Crippen LogP contribution is 2.19. The van der Waals surface area contributed by atoms with Crippen LogP contribution in [0.5, 0.6) is 5.75 Å². The molecule has 3 rings (SSSR count). The summed E-state index contributed by atoms with van der Waals surface area (Å²) in [5.74, 6) is 2.02. The summed E-state index contributed by atoms with van der Waals surface area (Å²) >= 11 is 0. The van der Waals surface area contributed by atoms with Crippen LogP contribution in [-0.2, 0) is 0 Å². The summed E-state index contributed by atoms with van der Waals surface area (Å²) in [6, 6.07) is 9.39. The molecule has 1 aromatic carbocycles. The fourth-order valence-electron chi connectivity index (χ4n) is 3.11. The smallest absolute Gasteiger partial charge is 0.324 e. The molecule has 0 radical (unpaired) electrons. The number of rotatable bonds is 7. The average Bonchev–Trinajstić information content (AvgIpc) is 3.14. The minimum Gasteiger partial charge on any atom is -0.494 e. The number of hydrogen-bond acceptors (Lipinski definition) is 6. The molecule has 6 heteroatoms. The first-order chi connectivity index (χ1) is 12.5. The highest BCUT2D eigenvalue weighted by molar-refractivity contribution is 5.27. The lowest BCUT2D eigenvalue weighted by Crippen LogP contribution is -2.50. The second-order valence-electron chi connectivity index (χ2n) is 7.41. The summed E-state index contributed by atoms with van der Waals surface area (Å²) in [7, 11) is 0. The van der Waals surface area contributed by atoms with E-state index in [1.165, 1.54) is 5.56 Å². The summed E-state index contributed by atoms with van der Waals surface area (Å²) < 4.78 is 11.3. The molecule has 0 saturated carbocycles. The second kappa shape index (κ2) is 8.54. The molecule has 1 fully saturated rings. The molecule has 1 unspecified atom stereocenters. The third-order valence-corrected chi connectivity index (χ3v) is 4.98. The first kappa shape index (κ1) is 18.7. The summed E-state index contributed by atoms with van der Waals surface area (Å²) in [6.07, 6.45) is 1.02.